The minimum atomic E-state index is -0.424. The SMILES string of the molecule is NCCC[C@@H](N)c1cccc(F)c1Cl. The molecule has 0 aliphatic carbocycles. The summed E-state index contributed by atoms with van der Waals surface area (Å²) in [6.45, 7) is 0.584. The predicted molar refractivity (Wildman–Crippen MR) is 56.6 cm³/mol. The Kier molecular flexibility index (Phi) is 4.32. The zero-order valence-corrected chi connectivity index (χ0v) is 8.60. The summed E-state index contributed by atoms with van der Waals surface area (Å²) in [7, 11) is 0. The Morgan fingerprint density at radius 1 is 1.43 bits per heavy atom. The first kappa shape index (κ1) is 11.4. The van der Waals surface area contributed by atoms with Crippen molar-refractivity contribution in [2.45, 2.75) is 18.9 Å². The second-order valence-electron chi connectivity index (χ2n) is 3.18. The van der Waals surface area contributed by atoms with E-state index in [1.807, 2.05) is 0 Å². The molecule has 0 spiro atoms. The summed E-state index contributed by atoms with van der Waals surface area (Å²) in [5, 5.41) is 0.122. The lowest BCUT2D eigenvalue weighted by Crippen LogP contribution is -2.13. The molecule has 0 fully saturated rings. The average molecular weight is 217 g/mol. The highest BCUT2D eigenvalue weighted by Gasteiger charge is 2.12. The Hall–Kier alpha value is -0.640. The van der Waals surface area contributed by atoms with Gasteiger partial charge in [0.15, 0.2) is 0 Å². The first-order chi connectivity index (χ1) is 6.66. The van der Waals surface area contributed by atoms with Gasteiger partial charge in [0, 0.05) is 6.04 Å². The Morgan fingerprint density at radius 2 is 2.14 bits per heavy atom. The molecule has 0 aromatic heterocycles. The summed E-state index contributed by atoms with van der Waals surface area (Å²) in [5.74, 6) is -0.424. The average Bonchev–Trinajstić information content (AvgIpc) is 2.18. The van der Waals surface area contributed by atoms with Gasteiger partial charge in [-0.15, -0.1) is 0 Å². The maximum absolute atomic E-state index is 13.0. The van der Waals surface area contributed by atoms with Crippen molar-refractivity contribution in [3.8, 4) is 0 Å². The molecule has 0 saturated carbocycles. The standard InChI is InChI=1S/C10H14ClFN2/c11-10-7(3-1-4-8(10)12)9(14)5-2-6-13/h1,3-4,9H,2,5-6,13-14H2/t9-/m1/s1. The van der Waals surface area contributed by atoms with E-state index >= 15 is 0 Å². The fourth-order valence-corrected chi connectivity index (χ4v) is 1.57. The Balaban J connectivity index is 2.79. The molecule has 1 aromatic carbocycles. The molecule has 1 aromatic rings. The topological polar surface area (TPSA) is 52.0 Å². The molecule has 0 bridgehead atoms. The van der Waals surface area contributed by atoms with Gasteiger partial charge in [0.1, 0.15) is 5.82 Å². The number of rotatable bonds is 4. The van der Waals surface area contributed by atoms with Gasteiger partial charge in [-0.2, -0.15) is 0 Å². The minimum absolute atomic E-state index is 0.122. The van der Waals surface area contributed by atoms with E-state index in [-0.39, 0.29) is 11.1 Å². The van der Waals surface area contributed by atoms with Crippen molar-refractivity contribution in [2.24, 2.45) is 11.5 Å². The van der Waals surface area contributed by atoms with Crippen molar-refractivity contribution in [2.75, 3.05) is 6.54 Å². The monoisotopic (exact) mass is 216 g/mol. The molecular formula is C10H14ClFN2. The van der Waals surface area contributed by atoms with Crippen LogP contribution < -0.4 is 11.5 Å². The number of benzene rings is 1. The fraction of sp³-hybridized carbons (Fsp3) is 0.400. The van der Waals surface area contributed by atoms with E-state index < -0.39 is 5.82 Å². The van der Waals surface area contributed by atoms with Gasteiger partial charge in [-0.1, -0.05) is 23.7 Å². The predicted octanol–water partition coefficient (Wildman–Crippen LogP) is 2.22. The van der Waals surface area contributed by atoms with E-state index in [2.05, 4.69) is 0 Å². The van der Waals surface area contributed by atoms with Crippen LogP contribution in [0.15, 0.2) is 18.2 Å². The third-order valence-electron chi connectivity index (χ3n) is 2.10. The van der Waals surface area contributed by atoms with Crippen molar-refractivity contribution >= 4 is 11.6 Å². The molecule has 0 unspecified atom stereocenters. The molecule has 14 heavy (non-hydrogen) atoms. The van der Waals surface area contributed by atoms with E-state index in [9.17, 15) is 4.39 Å². The summed E-state index contributed by atoms with van der Waals surface area (Å²) in [5.41, 5.74) is 11.9. The highest BCUT2D eigenvalue weighted by atomic mass is 35.5. The van der Waals surface area contributed by atoms with Gasteiger partial charge in [0.05, 0.1) is 5.02 Å². The van der Waals surface area contributed by atoms with Crippen molar-refractivity contribution in [1.82, 2.24) is 0 Å². The Labute approximate surface area is 88.0 Å². The van der Waals surface area contributed by atoms with E-state index in [0.717, 1.165) is 12.8 Å². The van der Waals surface area contributed by atoms with Gasteiger partial charge >= 0.3 is 0 Å². The van der Waals surface area contributed by atoms with Crippen molar-refractivity contribution in [1.29, 1.82) is 0 Å². The lowest BCUT2D eigenvalue weighted by Gasteiger charge is -2.13. The largest absolute Gasteiger partial charge is 0.330 e. The van der Waals surface area contributed by atoms with Gasteiger partial charge in [0.25, 0.3) is 0 Å². The van der Waals surface area contributed by atoms with Gasteiger partial charge in [-0.3, -0.25) is 0 Å². The summed E-state index contributed by atoms with van der Waals surface area (Å²) < 4.78 is 13.0. The van der Waals surface area contributed by atoms with Crippen LogP contribution in [-0.2, 0) is 0 Å². The maximum atomic E-state index is 13.0. The molecule has 4 heteroatoms. The molecule has 78 valence electrons. The van der Waals surface area contributed by atoms with E-state index in [0.29, 0.717) is 12.1 Å². The van der Waals surface area contributed by atoms with Crippen molar-refractivity contribution < 1.29 is 4.39 Å². The smallest absolute Gasteiger partial charge is 0.142 e. The molecular weight excluding hydrogens is 203 g/mol. The van der Waals surface area contributed by atoms with Crippen LogP contribution in [0.4, 0.5) is 4.39 Å². The Bertz CT molecular complexity index is 304. The van der Waals surface area contributed by atoms with Crippen LogP contribution in [0.25, 0.3) is 0 Å². The number of nitrogens with two attached hydrogens (primary N) is 2. The molecule has 1 atom stereocenters. The highest BCUT2D eigenvalue weighted by molar-refractivity contribution is 6.31. The molecule has 1 rings (SSSR count). The van der Waals surface area contributed by atoms with Crippen LogP contribution in [0.5, 0.6) is 0 Å². The third-order valence-corrected chi connectivity index (χ3v) is 2.50. The van der Waals surface area contributed by atoms with E-state index in [4.69, 9.17) is 23.1 Å². The summed E-state index contributed by atoms with van der Waals surface area (Å²) >= 11 is 5.78. The molecule has 0 heterocycles. The molecule has 0 saturated heterocycles. The van der Waals surface area contributed by atoms with Gasteiger partial charge in [-0.05, 0) is 31.0 Å². The minimum Gasteiger partial charge on any atom is -0.330 e. The first-order valence-corrected chi connectivity index (χ1v) is 4.94. The Morgan fingerprint density at radius 3 is 2.79 bits per heavy atom. The fourth-order valence-electron chi connectivity index (χ4n) is 1.30. The molecule has 0 radical (unpaired) electrons. The zero-order valence-electron chi connectivity index (χ0n) is 7.84. The molecule has 0 amide bonds. The zero-order chi connectivity index (χ0) is 10.6. The maximum Gasteiger partial charge on any atom is 0.142 e. The van der Waals surface area contributed by atoms with Crippen LogP contribution in [0.3, 0.4) is 0 Å². The third kappa shape index (κ3) is 2.67. The second-order valence-corrected chi connectivity index (χ2v) is 3.56. The second kappa shape index (κ2) is 5.29. The van der Waals surface area contributed by atoms with Crippen LogP contribution in [0.2, 0.25) is 5.02 Å². The van der Waals surface area contributed by atoms with Gasteiger partial charge < -0.3 is 11.5 Å². The van der Waals surface area contributed by atoms with Crippen LogP contribution in [0.1, 0.15) is 24.4 Å². The first-order valence-electron chi connectivity index (χ1n) is 4.56. The number of halogens is 2. The quantitative estimate of drug-likeness (QED) is 0.811. The molecule has 0 aliphatic rings. The van der Waals surface area contributed by atoms with Gasteiger partial charge in [0.2, 0.25) is 0 Å². The summed E-state index contributed by atoms with van der Waals surface area (Å²) in [4.78, 5) is 0. The normalized spacial score (nSPS) is 12.9. The van der Waals surface area contributed by atoms with E-state index in [1.165, 1.54) is 6.07 Å². The van der Waals surface area contributed by atoms with Gasteiger partial charge in [-0.25, -0.2) is 4.39 Å². The lowest BCUT2D eigenvalue weighted by molar-refractivity contribution is 0.597. The summed E-state index contributed by atoms with van der Waals surface area (Å²) in [6, 6.07) is 4.44. The van der Waals surface area contributed by atoms with Crippen LogP contribution >= 0.6 is 11.6 Å². The summed E-state index contributed by atoms with van der Waals surface area (Å²) in [6.07, 6.45) is 1.54. The van der Waals surface area contributed by atoms with Crippen LogP contribution in [-0.4, -0.2) is 6.54 Å². The molecule has 4 N–H and O–H groups in total. The number of hydrogen-bond donors (Lipinski definition) is 2. The van der Waals surface area contributed by atoms with Crippen molar-refractivity contribution in [3.63, 3.8) is 0 Å². The highest BCUT2D eigenvalue weighted by Crippen LogP contribution is 2.26. The van der Waals surface area contributed by atoms with Crippen LogP contribution in [0, 0.1) is 5.82 Å². The van der Waals surface area contributed by atoms with Crippen molar-refractivity contribution in [3.05, 3.63) is 34.6 Å². The lowest BCUT2D eigenvalue weighted by atomic mass is 10.0. The molecule has 0 aliphatic heterocycles. The number of hydrogen-bond acceptors (Lipinski definition) is 2. The van der Waals surface area contributed by atoms with E-state index in [1.54, 1.807) is 12.1 Å². The molecule has 2 nitrogen and oxygen atoms in total.